The molecule has 0 saturated heterocycles. The van der Waals surface area contributed by atoms with Crippen LogP contribution in [0.15, 0.2) is 0 Å². The van der Waals surface area contributed by atoms with E-state index in [1.807, 2.05) is 0 Å². The van der Waals surface area contributed by atoms with Crippen molar-refractivity contribution in [3.63, 3.8) is 0 Å². The Hall–Kier alpha value is 2.07. The Bertz CT molecular complexity index is 403. The fraction of sp³-hybridized carbons (Fsp3) is 1.00. The smallest absolute Gasteiger partial charge is 0.0784 e. The van der Waals surface area contributed by atoms with Crippen LogP contribution in [0.25, 0.3) is 0 Å². The summed E-state index contributed by atoms with van der Waals surface area (Å²) in [5, 5.41) is 0. The van der Waals surface area contributed by atoms with Gasteiger partial charge in [0.2, 0.25) is 0 Å². The van der Waals surface area contributed by atoms with Crippen molar-refractivity contribution in [2.24, 2.45) is 0 Å². The molecule has 0 fully saturated rings. The lowest BCUT2D eigenvalue weighted by Crippen LogP contribution is -3.00. The molecule has 0 spiro atoms. The largest absolute Gasteiger partial charge is 1.00 e. The minimum Gasteiger partial charge on any atom is -1.00 e. The third-order valence-electron chi connectivity index (χ3n) is 8.11. The van der Waals surface area contributed by atoms with Gasteiger partial charge in [-0.1, -0.05) is 34.6 Å². The predicted octanol–water partition coefficient (Wildman–Crippen LogP) is -1.49. The van der Waals surface area contributed by atoms with Crippen LogP contribution in [-0.2, 0) is 0 Å². The van der Waals surface area contributed by atoms with Gasteiger partial charge in [0.25, 0.3) is 0 Å². The topological polar surface area (TPSA) is 0 Å². The highest BCUT2D eigenvalue weighted by molar-refractivity contribution is 4.50. The van der Waals surface area contributed by atoms with Crippen LogP contribution in [-0.4, -0.2) is 93.5 Å². The zero-order chi connectivity index (χ0) is 25.1. The summed E-state index contributed by atoms with van der Waals surface area (Å²) in [6.45, 7) is 24.1. The molecule has 0 atom stereocenters. The molecule has 0 aromatic heterocycles. The van der Waals surface area contributed by atoms with Gasteiger partial charge in [-0.15, -0.1) is 0 Å². The standard InChI is InChI=1S/C30H68N3.3HI/c1-9-22-31(6,23-10-2)27-18-14-16-20-29-33(8,26-13-5)30-21-17-15-19-28-32(7,24-11-3)25-12-4;;;/h9-30H2,1-8H3;3*1H/q+3;;;/p-3. The number of quaternary nitrogens is 3. The third kappa shape index (κ3) is 22.8. The van der Waals surface area contributed by atoms with Crippen LogP contribution >= 0.6 is 0 Å². The molecule has 0 rings (SSSR count). The number of rotatable bonds is 24. The van der Waals surface area contributed by atoms with Crippen molar-refractivity contribution < 1.29 is 85.4 Å². The van der Waals surface area contributed by atoms with Crippen molar-refractivity contribution in [1.29, 1.82) is 0 Å². The van der Waals surface area contributed by atoms with E-state index in [9.17, 15) is 0 Å². The van der Waals surface area contributed by atoms with E-state index in [1.165, 1.54) is 156 Å². The summed E-state index contributed by atoms with van der Waals surface area (Å²) in [5.74, 6) is 0. The maximum absolute atomic E-state index is 2.54. The molecular weight excluding hydrogens is 783 g/mol. The van der Waals surface area contributed by atoms with E-state index >= 15 is 0 Å². The summed E-state index contributed by atoms with van der Waals surface area (Å²) in [4.78, 5) is 0. The number of halogens is 3. The molecule has 6 heteroatoms. The SMILES string of the molecule is CCC[N+](C)(CCC)CCCCCC[N+](C)(CCC)CCCCCC[N+](C)(CCC)CCC.[I-].[I-].[I-]. The van der Waals surface area contributed by atoms with Gasteiger partial charge in [0.15, 0.2) is 0 Å². The van der Waals surface area contributed by atoms with Gasteiger partial charge < -0.3 is 85.4 Å². The quantitative estimate of drug-likeness (QED) is 0.0632. The Balaban J connectivity index is -0.00000171. The normalized spacial score (nSPS) is 12.0. The molecular formula is C30H68I3N3. The van der Waals surface area contributed by atoms with Gasteiger partial charge in [0.05, 0.1) is 80.0 Å². The van der Waals surface area contributed by atoms with Gasteiger partial charge in [0, 0.05) is 0 Å². The average Bonchev–Trinajstić information content (AvgIpc) is 2.74. The van der Waals surface area contributed by atoms with Crippen molar-refractivity contribution in [1.82, 2.24) is 0 Å². The molecule has 0 aromatic carbocycles. The second kappa shape index (κ2) is 27.3. The second-order valence-corrected chi connectivity index (χ2v) is 12.2. The minimum atomic E-state index is 0. The summed E-state index contributed by atoms with van der Waals surface area (Å²) in [6.07, 6.45) is 18.0. The van der Waals surface area contributed by atoms with Crippen LogP contribution < -0.4 is 71.9 Å². The van der Waals surface area contributed by atoms with E-state index in [-0.39, 0.29) is 71.9 Å². The van der Waals surface area contributed by atoms with Crippen LogP contribution in [0, 0.1) is 0 Å². The molecule has 0 aromatic rings. The van der Waals surface area contributed by atoms with Crippen LogP contribution in [0.3, 0.4) is 0 Å². The Morgan fingerprint density at radius 3 is 0.611 bits per heavy atom. The molecule has 36 heavy (non-hydrogen) atoms. The van der Waals surface area contributed by atoms with Crippen molar-refractivity contribution in [2.75, 3.05) is 80.0 Å². The molecule has 0 amide bonds. The monoisotopic (exact) mass is 851 g/mol. The summed E-state index contributed by atoms with van der Waals surface area (Å²) < 4.78 is 3.91. The molecule has 0 unspecified atom stereocenters. The lowest BCUT2D eigenvalue weighted by Gasteiger charge is -2.35. The van der Waals surface area contributed by atoms with Gasteiger partial charge >= 0.3 is 0 Å². The molecule has 0 bridgehead atoms. The van der Waals surface area contributed by atoms with E-state index in [0.717, 1.165) is 0 Å². The summed E-state index contributed by atoms with van der Waals surface area (Å²) in [5.41, 5.74) is 0. The predicted molar refractivity (Wildman–Crippen MR) is 151 cm³/mol. The van der Waals surface area contributed by atoms with Crippen LogP contribution in [0.1, 0.15) is 118 Å². The van der Waals surface area contributed by atoms with Crippen molar-refractivity contribution >= 4 is 0 Å². The van der Waals surface area contributed by atoms with Crippen molar-refractivity contribution in [2.45, 2.75) is 118 Å². The van der Waals surface area contributed by atoms with E-state index in [0.29, 0.717) is 0 Å². The van der Waals surface area contributed by atoms with Crippen molar-refractivity contribution in [3.05, 3.63) is 0 Å². The van der Waals surface area contributed by atoms with Gasteiger partial charge in [-0.25, -0.2) is 0 Å². The molecule has 0 saturated carbocycles. The Kier molecular flexibility index (Phi) is 34.1. The second-order valence-electron chi connectivity index (χ2n) is 12.2. The minimum absolute atomic E-state index is 0. The van der Waals surface area contributed by atoms with E-state index in [4.69, 9.17) is 0 Å². The molecule has 0 radical (unpaired) electrons. The van der Waals surface area contributed by atoms with Crippen LogP contribution in [0.5, 0.6) is 0 Å². The highest BCUT2D eigenvalue weighted by atomic mass is 127. The molecule has 0 N–H and O–H groups in total. The first-order chi connectivity index (χ1) is 15.7. The Labute approximate surface area is 281 Å². The lowest BCUT2D eigenvalue weighted by atomic mass is 10.1. The fourth-order valence-corrected chi connectivity index (χ4v) is 6.39. The number of hydrogen-bond acceptors (Lipinski definition) is 0. The molecule has 0 heterocycles. The Morgan fingerprint density at radius 1 is 0.278 bits per heavy atom. The lowest BCUT2D eigenvalue weighted by molar-refractivity contribution is -0.910. The third-order valence-corrected chi connectivity index (χ3v) is 8.11. The Morgan fingerprint density at radius 2 is 0.444 bits per heavy atom. The van der Waals surface area contributed by atoms with Gasteiger partial charge in [-0.3, -0.25) is 0 Å². The zero-order valence-corrected chi connectivity index (χ0v) is 32.5. The first-order valence-electron chi connectivity index (χ1n) is 15.2. The maximum Gasteiger partial charge on any atom is 0.0784 e. The van der Waals surface area contributed by atoms with Gasteiger partial charge in [-0.2, -0.15) is 0 Å². The highest BCUT2D eigenvalue weighted by Gasteiger charge is 2.21. The molecule has 224 valence electrons. The van der Waals surface area contributed by atoms with Crippen LogP contribution in [0.4, 0.5) is 0 Å². The van der Waals surface area contributed by atoms with Gasteiger partial charge in [0.1, 0.15) is 0 Å². The molecule has 3 nitrogen and oxygen atoms in total. The van der Waals surface area contributed by atoms with Gasteiger partial charge in [-0.05, 0) is 83.5 Å². The van der Waals surface area contributed by atoms with E-state index < -0.39 is 0 Å². The highest BCUT2D eigenvalue weighted by Crippen LogP contribution is 2.16. The number of hydrogen-bond donors (Lipinski definition) is 0. The fourth-order valence-electron chi connectivity index (χ4n) is 6.39. The summed E-state index contributed by atoms with van der Waals surface area (Å²) in [7, 11) is 7.50. The molecule has 0 aliphatic carbocycles. The zero-order valence-electron chi connectivity index (χ0n) is 26.0. The summed E-state index contributed by atoms with van der Waals surface area (Å²) >= 11 is 0. The molecule has 0 aliphatic rings. The van der Waals surface area contributed by atoms with Crippen LogP contribution in [0.2, 0.25) is 0 Å². The van der Waals surface area contributed by atoms with Crippen molar-refractivity contribution in [3.8, 4) is 0 Å². The van der Waals surface area contributed by atoms with E-state index in [1.54, 1.807) is 0 Å². The molecule has 0 aliphatic heterocycles. The number of nitrogens with zero attached hydrogens (tertiary/aromatic N) is 3. The first kappa shape index (κ1) is 45.1. The van der Waals surface area contributed by atoms with E-state index in [2.05, 4.69) is 55.8 Å². The maximum atomic E-state index is 2.54. The average molecular weight is 852 g/mol. The number of unbranched alkanes of at least 4 members (excludes halogenated alkanes) is 6. The first-order valence-corrected chi connectivity index (χ1v) is 15.2. The summed E-state index contributed by atoms with van der Waals surface area (Å²) in [6, 6.07) is 0.